The van der Waals surface area contributed by atoms with Crippen molar-refractivity contribution in [1.29, 1.82) is 0 Å². The molecule has 0 aromatic carbocycles. The van der Waals surface area contributed by atoms with E-state index in [0.29, 0.717) is 30.6 Å². The van der Waals surface area contributed by atoms with Crippen molar-refractivity contribution in [2.24, 2.45) is 5.92 Å². The van der Waals surface area contributed by atoms with E-state index in [1.54, 1.807) is 18.3 Å². The van der Waals surface area contributed by atoms with Gasteiger partial charge in [0.15, 0.2) is 0 Å². The van der Waals surface area contributed by atoms with Gasteiger partial charge in [-0.15, -0.1) is 11.3 Å². The summed E-state index contributed by atoms with van der Waals surface area (Å²) >= 11 is 1.61. The molecule has 2 aromatic heterocycles. The Morgan fingerprint density at radius 1 is 1.55 bits per heavy atom. The number of rotatable bonds is 5. The molecule has 1 aliphatic carbocycles. The summed E-state index contributed by atoms with van der Waals surface area (Å²) in [4.78, 5) is 14.3. The van der Waals surface area contributed by atoms with Gasteiger partial charge in [0.05, 0.1) is 11.4 Å². The zero-order valence-corrected chi connectivity index (χ0v) is 13.5. The number of hydrogen-bond donors (Lipinski definition) is 1. The van der Waals surface area contributed by atoms with Gasteiger partial charge < -0.3 is 10.1 Å². The van der Waals surface area contributed by atoms with Crippen LogP contribution in [-0.4, -0.2) is 29.4 Å². The summed E-state index contributed by atoms with van der Waals surface area (Å²) in [7, 11) is 0. The maximum Gasteiger partial charge on any atom is 0.278 e. The summed E-state index contributed by atoms with van der Waals surface area (Å²) in [6.45, 7) is 4.77. The van der Waals surface area contributed by atoms with E-state index in [2.05, 4.69) is 27.2 Å². The first-order valence-electron chi connectivity index (χ1n) is 7.45. The number of nitrogens with one attached hydrogen (secondary N) is 1. The Kier molecular flexibility index (Phi) is 4.42. The molecule has 1 unspecified atom stereocenters. The van der Waals surface area contributed by atoms with Crippen molar-refractivity contribution in [3.63, 3.8) is 0 Å². The highest BCUT2D eigenvalue weighted by Gasteiger charge is 2.20. The average Bonchev–Trinajstić information content (AvgIpc) is 3.09. The Morgan fingerprint density at radius 3 is 3.18 bits per heavy atom. The lowest BCUT2D eigenvalue weighted by molar-refractivity contribution is 0.0950. The summed E-state index contributed by atoms with van der Waals surface area (Å²) in [5.41, 5.74) is 1.95. The summed E-state index contributed by atoms with van der Waals surface area (Å²) in [6.07, 6.45) is 3.39. The highest BCUT2D eigenvalue weighted by molar-refractivity contribution is 7.14. The van der Waals surface area contributed by atoms with Gasteiger partial charge in [0, 0.05) is 4.88 Å². The van der Waals surface area contributed by atoms with Crippen molar-refractivity contribution < 1.29 is 14.2 Å². The summed E-state index contributed by atoms with van der Waals surface area (Å²) in [5, 5.41) is 10.1. The predicted molar refractivity (Wildman–Crippen MR) is 82.4 cm³/mol. The lowest BCUT2D eigenvalue weighted by Gasteiger charge is -2.16. The molecular formula is C15H19N3O3S. The minimum Gasteiger partial charge on any atom is -0.472 e. The lowest BCUT2D eigenvalue weighted by atomic mass is 9.90. The number of nitrogens with zero attached hydrogens (tertiary/aromatic N) is 2. The van der Waals surface area contributed by atoms with Crippen molar-refractivity contribution in [3.05, 3.63) is 27.1 Å². The molecule has 0 radical (unpaired) electrons. The van der Waals surface area contributed by atoms with Gasteiger partial charge in [0.25, 0.3) is 11.8 Å². The van der Waals surface area contributed by atoms with Crippen molar-refractivity contribution >= 4 is 17.2 Å². The number of ether oxygens (including phenoxy) is 1. The van der Waals surface area contributed by atoms with Gasteiger partial charge in [-0.2, -0.15) is 0 Å². The number of aryl methyl sites for hydroxylation is 2. The average molecular weight is 321 g/mol. The standard InChI is InChI=1S/C15H19N3O3S/c1-9-3-4-12-11(7-9)8-13(22-12)14(19)16-5-6-20-15-10(2)17-21-18-15/h8-9H,3-7H2,1-2H3,(H,16,19). The molecule has 1 N–H and O–H groups in total. The number of aromatic nitrogens is 2. The third-order valence-corrected chi connectivity index (χ3v) is 5.03. The van der Waals surface area contributed by atoms with E-state index < -0.39 is 0 Å². The highest BCUT2D eigenvalue weighted by Crippen LogP contribution is 2.32. The fourth-order valence-corrected chi connectivity index (χ4v) is 3.70. The number of amides is 1. The first kappa shape index (κ1) is 15.0. The summed E-state index contributed by atoms with van der Waals surface area (Å²) < 4.78 is 9.92. The monoisotopic (exact) mass is 321 g/mol. The van der Waals surface area contributed by atoms with Crippen LogP contribution in [0.1, 0.15) is 39.2 Å². The van der Waals surface area contributed by atoms with Crippen LogP contribution in [0.4, 0.5) is 0 Å². The number of carbonyl (C=O) groups is 1. The van der Waals surface area contributed by atoms with Crippen LogP contribution in [0.15, 0.2) is 10.7 Å². The number of hydrogen-bond acceptors (Lipinski definition) is 6. The summed E-state index contributed by atoms with van der Waals surface area (Å²) in [6, 6.07) is 2.04. The molecule has 7 heteroatoms. The van der Waals surface area contributed by atoms with Gasteiger partial charge in [-0.1, -0.05) is 12.1 Å². The van der Waals surface area contributed by atoms with Crippen LogP contribution in [0, 0.1) is 12.8 Å². The molecule has 1 aliphatic rings. The maximum atomic E-state index is 12.2. The Morgan fingerprint density at radius 2 is 2.41 bits per heavy atom. The lowest BCUT2D eigenvalue weighted by Crippen LogP contribution is -2.27. The third-order valence-electron chi connectivity index (χ3n) is 3.79. The Bertz CT molecular complexity index is 665. The molecule has 6 nitrogen and oxygen atoms in total. The third kappa shape index (κ3) is 3.30. The van der Waals surface area contributed by atoms with Gasteiger partial charge in [-0.3, -0.25) is 4.79 Å². The van der Waals surface area contributed by atoms with Crippen LogP contribution in [0.25, 0.3) is 0 Å². The molecule has 0 saturated carbocycles. The first-order valence-corrected chi connectivity index (χ1v) is 8.27. The Balaban J connectivity index is 1.49. The van der Waals surface area contributed by atoms with Crippen molar-refractivity contribution in [3.8, 4) is 5.88 Å². The number of fused-ring (bicyclic) bond motifs is 1. The molecule has 1 atom stereocenters. The molecule has 2 heterocycles. The molecule has 2 aromatic rings. The molecule has 22 heavy (non-hydrogen) atoms. The molecule has 1 amide bonds. The zero-order chi connectivity index (χ0) is 15.5. The highest BCUT2D eigenvalue weighted by atomic mass is 32.1. The van der Waals surface area contributed by atoms with Gasteiger partial charge in [0.2, 0.25) is 0 Å². The van der Waals surface area contributed by atoms with Gasteiger partial charge in [0.1, 0.15) is 12.3 Å². The maximum absolute atomic E-state index is 12.2. The topological polar surface area (TPSA) is 77.2 Å². The zero-order valence-electron chi connectivity index (χ0n) is 12.7. The van der Waals surface area contributed by atoms with Gasteiger partial charge in [-0.25, -0.2) is 4.63 Å². The van der Waals surface area contributed by atoms with Crippen molar-refractivity contribution in [1.82, 2.24) is 15.6 Å². The molecule has 118 valence electrons. The van der Waals surface area contributed by atoms with E-state index in [1.165, 1.54) is 16.9 Å². The summed E-state index contributed by atoms with van der Waals surface area (Å²) in [5.74, 6) is 1.05. The van der Waals surface area contributed by atoms with Crippen molar-refractivity contribution in [2.45, 2.75) is 33.1 Å². The van der Waals surface area contributed by atoms with E-state index in [4.69, 9.17) is 4.74 Å². The second kappa shape index (κ2) is 6.48. The van der Waals surface area contributed by atoms with E-state index >= 15 is 0 Å². The Hall–Kier alpha value is -1.89. The second-order valence-corrected chi connectivity index (χ2v) is 6.80. The van der Waals surface area contributed by atoms with Crippen LogP contribution in [0.3, 0.4) is 0 Å². The second-order valence-electron chi connectivity index (χ2n) is 5.67. The molecule has 0 aliphatic heterocycles. The van der Waals surface area contributed by atoms with Crippen LogP contribution < -0.4 is 10.1 Å². The smallest absolute Gasteiger partial charge is 0.278 e. The minimum atomic E-state index is -0.0364. The fourth-order valence-electron chi connectivity index (χ4n) is 2.57. The molecular weight excluding hydrogens is 302 g/mol. The Labute approximate surface area is 132 Å². The molecule has 3 rings (SSSR count). The van der Waals surface area contributed by atoms with E-state index in [0.717, 1.165) is 17.7 Å². The SMILES string of the molecule is Cc1nonc1OCCNC(=O)c1cc2c(s1)CCC(C)C2. The van der Waals surface area contributed by atoms with Crippen LogP contribution in [0.2, 0.25) is 0 Å². The van der Waals surface area contributed by atoms with Crippen molar-refractivity contribution in [2.75, 3.05) is 13.2 Å². The predicted octanol–water partition coefficient (Wildman–Crippen LogP) is 2.37. The van der Waals surface area contributed by atoms with E-state index in [9.17, 15) is 4.79 Å². The molecule has 0 bridgehead atoms. The fraction of sp³-hybridized carbons (Fsp3) is 0.533. The number of thiophene rings is 1. The van der Waals surface area contributed by atoms with Gasteiger partial charge >= 0.3 is 0 Å². The number of carbonyl (C=O) groups excluding carboxylic acids is 1. The van der Waals surface area contributed by atoms with Crippen LogP contribution in [0.5, 0.6) is 5.88 Å². The van der Waals surface area contributed by atoms with Crippen LogP contribution >= 0.6 is 11.3 Å². The largest absolute Gasteiger partial charge is 0.472 e. The molecule has 0 saturated heterocycles. The normalized spacial score (nSPS) is 17.1. The van der Waals surface area contributed by atoms with Gasteiger partial charge in [-0.05, 0) is 48.9 Å². The van der Waals surface area contributed by atoms with E-state index in [-0.39, 0.29) is 5.91 Å². The quantitative estimate of drug-likeness (QED) is 0.856. The molecule has 0 spiro atoms. The van der Waals surface area contributed by atoms with E-state index in [1.807, 2.05) is 6.07 Å². The van der Waals surface area contributed by atoms with Crippen LogP contribution in [-0.2, 0) is 12.8 Å². The molecule has 0 fully saturated rings. The minimum absolute atomic E-state index is 0.0364. The first-order chi connectivity index (χ1) is 10.6.